The molecule has 0 unspecified atom stereocenters. The molecule has 2 heterocycles. The second-order valence-corrected chi connectivity index (χ2v) is 7.58. The second kappa shape index (κ2) is 7.75. The van der Waals surface area contributed by atoms with E-state index in [9.17, 15) is 14.5 Å². The van der Waals surface area contributed by atoms with Crippen LogP contribution in [0.15, 0.2) is 36.4 Å². The maximum absolute atomic E-state index is 14.9. The third-order valence-corrected chi connectivity index (χ3v) is 6.02. The van der Waals surface area contributed by atoms with Crippen LogP contribution in [0, 0.1) is 15.9 Å². The largest absolute Gasteiger partial charge is 0.364 e. The van der Waals surface area contributed by atoms with E-state index >= 15 is 0 Å². The molecule has 4 rings (SSSR count). The summed E-state index contributed by atoms with van der Waals surface area (Å²) in [6, 6.07) is 11.0. The van der Waals surface area contributed by atoms with Crippen LogP contribution >= 0.6 is 0 Å². The number of nitro groups is 1. The van der Waals surface area contributed by atoms with E-state index in [1.54, 1.807) is 6.07 Å². The molecule has 1 saturated heterocycles. The molecule has 0 atom stereocenters. The number of likely N-dealkylation sites (N-methyl/N-ethyl adjacent to an activating group) is 1. The van der Waals surface area contributed by atoms with Gasteiger partial charge in [0.2, 0.25) is 0 Å². The maximum atomic E-state index is 14.9. The third-order valence-electron chi connectivity index (χ3n) is 6.02. The van der Waals surface area contributed by atoms with Gasteiger partial charge < -0.3 is 14.7 Å². The van der Waals surface area contributed by atoms with E-state index in [-0.39, 0.29) is 5.69 Å². The molecule has 0 aliphatic carbocycles. The van der Waals surface area contributed by atoms with E-state index in [2.05, 4.69) is 19.1 Å². The Labute approximate surface area is 164 Å². The molecule has 1 fully saturated rings. The average molecular weight is 385 g/mol. The molecule has 148 valence electrons. The molecular formula is C21H26FN4O2+. The monoisotopic (exact) mass is 385 g/mol. The number of hydrogen-bond acceptors (Lipinski definition) is 4. The highest BCUT2D eigenvalue weighted by Crippen LogP contribution is 2.36. The molecule has 6 nitrogen and oxygen atoms in total. The van der Waals surface area contributed by atoms with Gasteiger partial charge in [-0.2, -0.15) is 0 Å². The van der Waals surface area contributed by atoms with Crippen molar-refractivity contribution in [1.82, 2.24) is 0 Å². The van der Waals surface area contributed by atoms with Crippen LogP contribution in [0.1, 0.15) is 18.1 Å². The molecule has 0 radical (unpaired) electrons. The summed E-state index contributed by atoms with van der Waals surface area (Å²) < 4.78 is 14.9. The highest BCUT2D eigenvalue weighted by atomic mass is 19.1. The summed E-state index contributed by atoms with van der Waals surface area (Å²) in [5.41, 5.74) is 3.34. The van der Waals surface area contributed by atoms with Crippen molar-refractivity contribution in [2.75, 3.05) is 49.1 Å². The van der Waals surface area contributed by atoms with Crippen LogP contribution in [0.3, 0.4) is 0 Å². The molecule has 0 aromatic heterocycles. The van der Waals surface area contributed by atoms with Crippen molar-refractivity contribution in [3.8, 4) is 0 Å². The van der Waals surface area contributed by atoms with Gasteiger partial charge in [-0.3, -0.25) is 10.1 Å². The summed E-state index contributed by atoms with van der Waals surface area (Å²) in [6.45, 7) is 7.91. The first-order chi connectivity index (χ1) is 13.6. The molecule has 0 spiro atoms. The van der Waals surface area contributed by atoms with Gasteiger partial charge in [0.05, 0.1) is 49.4 Å². The normalized spacial score (nSPS) is 17.5. The van der Waals surface area contributed by atoms with E-state index in [1.165, 1.54) is 16.0 Å². The summed E-state index contributed by atoms with van der Waals surface area (Å²) in [7, 11) is 0. The molecule has 7 heteroatoms. The fourth-order valence-corrected chi connectivity index (χ4v) is 4.30. The van der Waals surface area contributed by atoms with E-state index < -0.39 is 10.7 Å². The minimum Gasteiger partial charge on any atom is -0.364 e. The Morgan fingerprint density at radius 3 is 2.46 bits per heavy atom. The van der Waals surface area contributed by atoms with Crippen LogP contribution in [0.2, 0.25) is 0 Å². The lowest BCUT2D eigenvalue weighted by Crippen LogP contribution is -3.14. The third kappa shape index (κ3) is 3.54. The number of nitrogens with one attached hydrogen (secondary N) is 1. The predicted molar refractivity (Wildman–Crippen MR) is 108 cm³/mol. The minimum atomic E-state index is -0.521. The lowest BCUT2D eigenvalue weighted by molar-refractivity contribution is -0.898. The number of hydrogen-bond donors (Lipinski definition) is 1. The SMILES string of the molecule is CC[NH+]1CCN(c2cc(N3CCc4ccccc4C3)c(F)cc2[N+](=O)[O-])CC1. The number of benzene rings is 2. The Kier molecular flexibility index (Phi) is 5.17. The van der Waals surface area contributed by atoms with Crippen molar-refractivity contribution in [1.29, 1.82) is 0 Å². The lowest BCUT2D eigenvalue weighted by atomic mass is 9.99. The van der Waals surface area contributed by atoms with Crippen LogP contribution < -0.4 is 14.7 Å². The van der Waals surface area contributed by atoms with Crippen molar-refractivity contribution in [3.05, 3.63) is 63.5 Å². The zero-order valence-corrected chi connectivity index (χ0v) is 16.2. The van der Waals surface area contributed by atoms with Crippen molar-refractivity contribution >= 4 is 17.1 Å². The van der Waals surface area contributed by atoms with E-state index in [0.717, 1.165) is 45.2 Å². The molecule has 2 aromatic carbocycles. The van der Waals surface area contributed by atoms with Gasteiger partial charge in [0.15, 0.2) is 5.82 Å². The van der Waals surface area contributed by atoms with Crippen LogP contribution in [0.25, 0.3) is 0 Å². The van der Waals surface area contributed by atoms with Gasteiger partial charge in [-0.25, -0.2) is 4.39 Å². The van der Waals surface area contributed by atoms with E-state index in [1.807, 2.05) is 21.9 Å². The molecular weight excluding hydrogens is 359 g/mol. The average Bonchev–Trinajstić information content (AvgIpc) is 2.73. The van der Waals surface area contributed by atoms with Crippen molar-refractivity contribution < 1.29 is 14.2 Å². The predicted octanol–water partition coefficient (Wildman–Crippen LogP) is 2.02. The molecule has 28 heavy (non-hydrogen) atoms. The minimum absolute atomic E-state index is 0.140. The van der Waals surface area contributed by atoms with Crippen molar-refractivity contribution in [3.63, 3.8) is 0 Å². The molecule has 2 aliphatic rings. The molecule has 2 aliphatic heterocycles. The van der Waals surface area contributed by atoms with Gasteiger partial charge in [0.25, 0.3) is 5.69 Å². The highest BCUT2D eigenvalue weighted by molar-refractivity contribution is 5.71. The first kappa shape index (κ1) is 18.7. The molecule has 1 N–H and O–H groups in total. The van der Waals surface area contributed by atoms with Gasteiger partial charge in [0, 0.05) is 13.1 Å². The number of quaternary nitrogens is 1. The number of rotatable bonds is 4. The number of halogens is 1. The van der Waals surface area contributed by atoms with E-state index in [4.69, 9.17) is 0 Å². The van der Waals surface area contributed by atoms with Crippen LogP contribution in [0.4, 0.5) is 21.5 Å². The Hall–Kier alpha value is -2.67. The number of nitro benzene ring substituents is 1. The fourth-order valence-electron chi connectivity index (χ4n) is 4.30. The summed E-state index contributed by atoms with van der Waals surface area (Å²) in [5.74, 6) is -0.521. The smallest absolute Gasteiger partial charge is 0.295 e. The Morgan fingerprint density at radius 2 is 1.79 bits per heavy atom. The summed E-state index contributed by atoms with van der Waals surface area (Å²) >= 11 is 0. The molecule has 2 aromatic rings. The van der Waals surface area contributed by atoms with Gasteiger partial charge in [-0.05, 0) is 30.5 Å². The van der Waals surface area contributed by atoms with Crippen molar-refractivity contribution in [2.24, 2.45) is 0 Å². The standard InChI is InChI=1S/C21H25FN4O2/c1-2-23-9-11-24(12-10-23)20-14-19(18(22)13-21(20)26(27)28)25-8-7-16-5-3-4-6-17(16)15-25/h3-6,13-14H,2,7-12,15H2,1H3/p+1. The van der Waals surface area contributed by atoms with Crippen LogP contribution in [-0.2, 0) is 13.0 Å². The second-order valence-electron chi connectivity index (χ2n) is 7.58. The van der Waals surface area contributed by atoms with Gasteiger partial charge in [-0.1, -0.05) is 24.3 Å². The molecule has 0 saturated carbocycles. The number of piperazine rings is 1. The molecule has 0 amide bonds. The summed E-state index contributed by atoms with van der Waals surface area (Å²) in [5, 5.41) is 11.6. The van der Waals surface area contributed by atoms with Crippen molar-refractivity contribution in [2.45, 2.75) is 19.9 Å². The zero-order valence-electron chi connectivity index (χ0n) is 16.2. The summed E-state index contributed by atoms with van der Waals surface area (Å²) in [4.78, 5) is 16.6. The quantitative estimate of drug-likeness (QED) is 0.646. The highest BCUT2D eigenvalue weighted by Gasteiger charge is 2.29. The van der Waals surface area contributed by atoms with Crippen LogP contribution in [-0.4, -0.2) is 44.2 Å². The Bertz CT molecular complexity index is 881. The zero-order chi connectivity index (χ0) is 19.7. The van der Waals surface area contributed by atoms with E-state index in [0.29, 0.717) is 24.5 Å². The lowest BCUT2D eigenvalue weighted by Gasteiger charge is -2.34. The number of nitrogens with zero attached hydrogens (tertiary/aromatic N) is 3. The number of anilines is 2. The summed E-state index contributed by atoms with van der Waals surface area (Å²) in [6.07, 6.45) is 0.848. The fraction of sp³-hybridized carbons (Fsp3) is 0.429. The van der Waals surface area contributed by atoms with Crippen LogP contribution in [0.5, 0.6) is 0 Å². The van der Waals surface area contributed by atoms with Gasteiger partial charge in [0.1, 0.15) is 5.69 Å². The number of fused-ring (bicyclic) bond motifs is 1. The molecule has 0 bridgehead atoms. The Morgan fingerprint density at radius 1 is 1.07 bits per heavy atom. The van der Waals surface area contributed by atoms with Gasteiger partial charge in [-0.15, -0.1) is 0 Å². The maximum Gasteiger partial charge on any atom is 0.295 e. The van der Waals surface area contributed by atoms with Gasteiger partial charge >= 0.3 is 0 Å². The Balaban J connectivity index is 1.66. The first-order valence-corrected chi connectivity index (χ1v) is 9.95. The first-order valence-electron chi connectivity index (χ1n) is 9.95. The topological polar surface area (TPSA) is 54.1 Å².